The molecule has 1 heterocycles. The monoisotopic (exact) mass is 424 g/mol. The Bertz CT molecular complexity index is 696. The third-order valence-electron chi connectivity index (χ3n) is 4.51. The minimum Gasteiger partial charge on any atom is -0.377 e. The molecule has 3 nitrogen and oxygen atoms in total. The topological polar surface area (TPSA) is 23.6 Å². The summed E-state index contributed by atoms with van der Waals surface area (Å²) in [5.74, 6) is 0.0738. The largest absolute Gasteiger partial charge is 0.377 e. The number of thioether (sulfide) groups is 1. The zero-order chi connectivity index (χ0) is 17.3. The standard InChI is InChI=1S/C18H21BrN2OS2/c1-20(2)15-9-8-12(10-14(15)19)11-16-17(22)21(18(23)24-16)13-6-4-3-5-7-13/h8-11,13H,3-7H2,1-2H3/b16-11+. The lowest BCUT2D eigenvalue weighted by molar-refractivity contribution is -0.124. The van der Waals surface area contributed by atoms with Gasteiger partial charge in [0.05, 0.1) is 10.6 Å². The zero-order valence-corrected chi connectivity index (χ0v) is 17.1. The fourth-order valence-corrected chi connectivity index (χ4v) is 5.41. The predicted molar refractivity (Wildman–Crippen MR) is 110 cm³/mol. The summed E-state index contributed by atoms with van der Waals surface area (Å²) in [6.07, 6.45) is 7.75. The van der Waals surface area contributed by atoms with E-state index in [1.165, 1.54) is 31.0 Å². The van der Waals surface area contributed by atoms with Gasteiger partial charge in [0, 0.05) is 24.6 Å². The number of carbonyl (C=O) groups is 1. The highest BCUT2D eigenvalue weighted by molar-refractivity contribution is 9.10. The molecule has 0 bridgehead atoms. The highest BCUT2D eigenvalue weighted by Crippen LogP contribution is 2.37. The Morgan fingerprint density at radius 1 is 1.29 bits per heavy atom. The van der Waals surface area contributed by atoms with Crippen molar-refractivity contribution >= 4 is 61.9 Å². The van der Waals surface area contributed by atoms with Crippen LogP contribution in [0.5, 0.6) is 0 Å². The van der Waals surface area contributed by atoms with E-state index in [-0.39, 0.29) is 5.91 Å². The van der Waals surface area contributed by atoms with Crippen molar-refractivity contribution in [3.8, 4) is 0 Å². The molecular formula is C18H21BrN2OS2. The molecule has 1 aliphatic heterocycles. The van der Waals surface area contributed by atoms with Crippen LogP contribution in [-0.4, -0.2) is 35.3 Å². The van der Waals surface area contributed by atoms with E-state index in [0.29, 0.717) is 10.4 Å². The first-order valence-corrected chi connectivity index (χ1v) is 10.2. The molecule has 1 amide bonds. The lowest BCUT2D eigenvalue weighted by Crippen LogP contribution is -2.39. The van der Waals surface area contributed by atoms with Gasteiger partial charge in [-0.15, -0.1) is 0 Å². The summed E-state index contributed by atoms with van der Waals surface area (Å²) in [5.41, 5.74) is 2.12. The molecule has 0 atom stereocenters. The fourth-order valence-electron chi connectivity index (χ4n) is 3.26. The first kappa shape index (κ1) is 18.0. The van der Waals surface area contributed by atoms with E-state index in [1.807, 2.05) is 37.2 Å². The zero-order valence-electron chi connectivity index (χ0n) is 13.9. The van der Waals surface area contributed by atoms with E-state index < -0.39 is 0 Å². The lowest BCUT2D eigenvalue weighted by Gasteiger charge is -2.29. The number of carbonyl (C=O) groups excluding carboxylic acids is 1. The molecule has 0 unspecified atom stereocenters. The maximum absolute atomic E-state index is 12.8. The second kappa shape index (κ2) is 7.58. The number of nitrogens with zero attached hydrogens (tertiary/aromatic N) is 2. The number of hydrogen-bond acceptors (Lipinski definition) is 4. The van der Waals surface area contributed by atoms with Crippen LogP contribution in [0.2, 0.25) is 0 Å². The smallest absolute Gasteiger partial charge is 0.266 e. The molecule has 3 rings (SSSR count). The maximum atomic E-state index is 12.8. The van der Waals surface area contributed by atoms with Crippen LogP contribution in [-0.2, 0) is 4.79 Å². The van der Waals surface area contributed by atoms with Gasteiger partial charge in [0.1, 0.15) is 4.32 Å². The van der Waals surface area contributed by atoms with Gasteiger partial charge in [0.25, 0.3) is 5.91 Å². The summed E-state index contributed by atoms with van der Waals surface area (Å²) in [4.78, 5) is 17.4. The average molecular weight is 425 g/mol. The van der Waals surface area contributed by atoms with E-state index >= 15 is 0 Å². The Morgan fingerprint density at radius 3 is 2.62 bits per heavy atom. The average Bonchev–Trinajstić information content (AvgIpc) is 2.82. The van der Waals surface area contributed by atoms with Crippen molar-refractivity contribution in [2.24, 2.45) is 0 Å². The van der Waals surface area contributed by atoms with Crippen molar-refractivity contribution < 1.29 is 4.79 Å². The van der Waals surface area contributed by atoms with Crippen LogP contribution in [0.25, 0.3) is 6.08 Å². The van der Waals surface area contributed by atoms with Crippen LogP contribution in [0, 0.1) is 0 Å². The molecule has 2 fully saturated rings. The molecule has 1 aliphatic carbocycles. The molecule has 1 saturated heterocycles. The summed E-state index contributed by atoms with van der Waals surface area (Å²) in [5, 5.41) is 0. The minimum atomic E-state index is 0.0738. The number of hydrogen-bond donors (Lipinski definition) is 0. The van der Waals surface area contributed by atoms with Gasteiger partial charge in [0.2, 0.25) is 0 Å². The number of amides is 1. The Labute approximate surface area is 161 Å². The molecule has 1 aromatic carbocycles. The summed E-state index contributed by atoms with van der Waals surface area (Å²) < 4.78 is 1.73. The van der Waals surface area contributed by atoms with Crippen LogP contribution in [0.15, 0.2) is 27.6 Å². The summed E-state index contributed by atoms with van der Waals surface area (Å²) in [6, 6.07) is 6.42. The van der Waals surface area contributed by atoms with Gasteiger partial charge >= 0.3 is 0 Å². The van der Waals surface area contributed by atoms with Gasteiger partial charge < -0.3 is 4.90 Å². The highest BCUT2D eigenvalue weighted by atomic mass is 79.9. The van der Waals surface area contributed by atoms with Crippen LogP contribution in [0.3, 0.4) is 0 Å². The Kier molecular flexibility index (Phi) is 5.67. The van der Waals surface area contributed by atoms with Gasteiger partial charge in [-0.05, 0) is 52.5 Å². The van der Waals surface area contributed by atoms with Crippen LogP contribution >= 0.6 is 39.9 Å². The van der Waals surface area contributed by atoms with Crippen molar-refractivity contribution in [3.63, 3.8) is 0 Å². The second-order valence-electron chi connectivity index (χ2n) is 6.45. The van der Waals surface area contributed by atoms with E-state index in [9.17, 15) is 4.79 Å². The van der Waals surface area contributed by atoms with Crippen molar-refractivity contribution in [3.05, 3.63) is 33.1 Å². The van der Waals surface area contributed by atoms with E-state index in [4.69, 9.17) is 12.2 Å². The minimum absolute atomic E-state index is 0.0738. The Morgan fingerprint density at radius 2 is 2.00 bits per heavy atom. The molecule has 0 aromatic heterocycles. The number of rotatable bonds is 3. The van der Waals surface area contributed by atoms with Crippen molar-refractivity contribution in [2.75, 3.05) is 19.0 Å². The van der Waals surface area contributed by atoms with Crippen LogP contribution in [0.1, 0.15) is 37.7 Å². The van der Waals surface area contributed by atoms with Crippen molar-refractivity contribution in [1.82, 2.24) is 4.90 Å². The molecule has 24 heavy (non-hydrogen) atoms. The maximum Gasteiger partial charge on any atom is 0.266 e. The van der Waals surface area contributed by atoms with Gasteiger partial charge in [-0.3, -0.25) is 9.69 Å². The molecule has 2 aliphatic rings. The Hall–Kier alpha value is -0.850. The van der Waals surface area contributed by atoms with E-state index in [2.05, 4.69) is 26.9 Å². The molecule has 1 saturated carbocycles. The quantitative estimate of drug-likeness (QED) is 0.500. The Balaban J connectivity index is 1.82. The molecule has 1 aromatic rings. The third kappa shape index (κ3) is 3.70. The summed E-state index contributed by atoms with van der Waals surface area (Å²) in [7, 11) is 4.02. The molecule has 6 heteroatoms. The molecule has 128 valence electrons. The SMILES string of the molecule is CN(C)c1ccc(/C=C2/SC(=S)N(C3CCCCC3)C2=O)cc1Br. The fraction of sp³-hybridized carbons (Fsp3) is 0.444. The van der Waals surface area contributed by atoms with Gasteiger partial charge in [-0.25, -0.2) is 0 Å². The number of benzene rings is 1. The van der Waals surface area contributed by atoms with Crippen LogP contribution in [0.4, 0.5) is 5.69 Å². The molecular weight excluding hydrogens is 404 g/mol. The third-order valence-corrected chi connectivity index (χ3v) is 6.48. The van der Waals surface area contributed by atoms with Crippen LogP contribution < -0.4 is 4.90 Å². The molecule has 0 spiro atoms. The van der Waals surface area contributed by atoms with E-state index in [1.54, 1.807) is 0 Å². The van der Waals surface area contributed by atoms with Gasteiger partial charge in [-0.2, -0.15) is 0 Å². The first-order chi connectivity index (χ1) is 11.5. The molecule has 0 radical (unpaired) electrons. The molecule has 0 N–H and O–H groups in total. The van der Waals surface area contributed by atoms with Crippen molar-refractivity contribution in [1.29, 1.82) is 0 Å². The highest BCUT2D eigenvalue weighted by Gasteiger charge is 2.37. The van der Waals surface area contributed by atoms with E-state index in [0.717, 1.165) is 33.5 Å². The first-order valence-electron chi connectivity index (χ1n) is 8.21. The number of thiocarbonyl (C=S) groups is 1. The van der Waals surface area contributed by atoms with Crippen molar-refractivity contribution in [2.45, 2.75) is 38.1 Å². The van der Waals surface area contributed by atoms with Gasteiger partial charge in [0.15, 0.2) is 0 Å². The second-order valence-corrected chi connectivity index (χ2v) is 8.98. The summed E-state index contributed by atoms with van der Waals surface area (Å²) >= 11 is 10.5. The summed E-state index contributed by atoms with van der Waals surface area (Å²) in [6.45, 7) is 0. The normalized spacial score (nSPS) is 21.0. The number of anilines is 1. The lowest BCUT2D eigenvalue weighted by atomic mass is 9.94. The predicted octanol–water partition coefficient (Wildman–Crippen LogP) is 5.05. The number of halogens is 1. The van der Waals surface area contributed by atoms with Gasteiger partial charge in [-0.1, -0.05) is 49.3 Å².